The second-order valence-corrected chi connectivity index (χ2v) is 5.10. The van der Waals surface area contributed by atoms with E-state index in [2.05, 4.69) is 20.1 Å². The average molecular weight is 327 g/mol. The van der Waals surface area contributed by atoms with Gasteiger partial charge in [0.2, 0.25) is 0 Å². The number of aliphatic hydroxyl groups excluding tert-OH is 1. The van der Waals surface area contributed by atoms with Crippen molar-refractivity contribution in [3.63, 3.8) is 0 Å². The number of rotatable bonds is 6. The monoisotopic (exact) mass is 327 g/mol. The lowest BCUT2D eigenvalue weighted by molar-refractivity contribution is 0.270. The molecule has 0 aliphatic carbocycles. The molecule has 0 aliphatic rings. The zero-order valence-electron chi connectivity index (χ0n) is 13.1. The maximum atomic E-state index is 11.5. The van der Waals surface area contributed by atoms with Crippen molar-refractivity contribution in [2.24, 2.45) is 0 Å². The number of aromatic amines is 1. The van der Waals surface area contributed by atoms with Crippen molar-refractivity contribution in [3.05, 3.63) is 58.4 Å². The molecule has 2 N–H and O–H groups in total. The Morgan fingerprint density at radius 2 is 2.12 bits per heavy atom. The summed E-state index contributed by atoms with van der Waals surface area (Å²) < 4.78 is 6.90. The highest BCUT2D eigenvalue weighted by atomic mass is 16.5. The minimum absolute atomic E-state index is 0.0883. The first-order valence-electron chi connectivity index (χ1n) is 7.42. The maximum Gasteiger partial charge on any atom is 0.266 e. The number of aromatic nitrogens is 5. The van der Waals surface area contributed by atoms with Crippen LogP contribution in [0.25, 0.3) is 11.5 Å². The Hall–Kier alpha value is -3.00. The van der Waals surface area contributed by atoms with Crippen LogP contribution in [0.3, 0.4) is 0 Å². The van der Waals surface area contributed by atoms with Crippen LogP contribution in [0, 0.1) is 0 Å². The van der Waals surface area contributed by atoms with Crippen LogP contribution in [0.2, 0.25) is 0 Å². The zero-order valence-corrected chi connectivity index (χ0v) is 13.1. The van der Waals surface area contributed by atoms with Crippen molar-refractivity contribution < 1.29 is 9.84 Å². The fraction of sp³-hybridized carbons (Fsp3) is 0.250. The minimum atomic E-state index is -0.322. The van der Waals surface area contributed by atoms with E-state index in [0.29, 0.717) is 23.8 Å². The molecule has 0 aliphatic heterocycles. The number of H-pyrrole nitrogens is 1. The summed E-state index contributed by atoms with van der Waals surface area (Å²) in [7, 11) is 1.61. The number of hydrogen-bond donors (Lipinski definition) is 2. The average Bonchev–Trinajstić information content (AvgIpc) is 2.98. The van der Waals surface area contributed by atoms with Crippen LogP contribution in [-0.4, -0.2) is 43.6 Å². The molecule has 0 saturated heterocycles. The lowest BCUT2D eigenvalue weighted by atomic mass is 10.1. The first-order valence-corrected chi connectivity index (χ1v) is 7.42. The number of nitrogens with one attached hydrogen (secondary N) is 1. The topological polar surface area (TPSA) is 106 Å². The smallest absolute Gasteiger partial charge is 0.266 e. The zero-order chi connectivity index (χ0) is 16.9. The van der Waals surface area contributed by atoms with Gasteiger partial charge in [-0.1, -0.05) is 18.2 Å². The van der Waals surface area contributed by atoms with E-state index in [-0.39, 0.29) is 18.7 Å². The third-order valence-corrected chi connectivity index (χ3v) is 3.46. The highest BCUT2D eigenvalue weighted by Crippen LogP contribution is 2.21. The molecule has 3 rings (SSSR count). The van der Waals surface area contributed by atoms with Crippen molar-refractivity contribution in [1.82, 2.24) is 24.7 Å². The maximum absolute atomic E-state index is 11.5. The molecular formula is C16H17N5O3. The molecule has 8 heteroatoms. The Balaban J connectivity index is 1.98. The van der Waals surface area contributed by atoms with E-state index in [0.717, 1.165) is 11.3 Å². The van der Waals surface area contributed by atoms with Crippen LogP contribution in [0.15, 0.2) is 41.5 Å². The van der Waals surface area contributed by atoms with E-state index in [9.17, 15) is 9.90 Å². The summed E-state index contributed by atoms with van der Waals surface area (Å²) in [5.41, 5.74) is 1.08. The summed E-state index contributed by atoms with van der Waals surface area (Å²) in [6.07, 6.45) is 3.16. The van der Waals surface area contributed by atoms with Gasteiger partial charge in [0.1, 0.15) is 11.4 Å². The molecule has 2 heterocycles. The number of hydrogen-bond acceptors (Lipinski definition) is 6. The molecule has 3 aromatic rings. The van der Waals surface area contributed by atoms with Crippen LogP contribution in [-0.2, 0) is 13.0 Å². The van der Waals surface area contributed by atoms with Gasteiger partial charge in [-0.2, -0.15) is 5.10 Å². The summed E-state index contributed by atoms with van der Waals surface area (Å²) in [4.78, 5) is 22.5. The normalized spacial score (nSPS) is 10.8. The van der Waals surface area contributed by atoms with E-state index in [1.54, 1.807) is 11.8 Å². The van der Waals surface area contributed by atoms with Gasteiger partial charge >= 0.3 is 0 Å². The summed E-state index contributed by atoms with van der Waals surface area (Å²) in [5.74, 6) is 1.78. The number of ether oxygens (including phenoxy) is 1. The molecule has 0 saturated carbocycles. The van der Waals surface area contributed by atoms with Gasteiger partial charge in [-0.25, -0.2) is 9.67 Å². The summed E-state index contributed by atoms with van der Waals surface area (Å²) in [5, 5.41) is 13.6. The molecule has 8 nitrogen and oxygen atoms in total. The summed E-state index contributed by atoms with van der Waals surface area (Å²) in [6, 6.07) is 7.63. The predicted octanol–water partition coefficient (Wildman–Crippen LogP) is 0.620. The standard InChI is InChI=1S/C16H17N5O3/c1-24-13-5-3-2-4-11(13)8-14-19-16(21(20-14)6-7-22)12-9-17-10-15(23)18-12/h2-5,9-10,22H,6-8H2,1H3,(H,18,23). The Morgan fingerprint density at radius 1 is 1.29 bits per heavy atom. The molecule has 0 bridgehead atoms. The molecule has 0 unspecified atom stereocenters. The van der Waals surface area contributed by atoms with E-state index < -0.39 is 0 Å². The quantitative estimate of drug-likeness (QED) is 0.687. The highest BCUT2D eigenvalue weighted by molar-refractivity contribution is 5.47. The molecule has 2 aromatic heterocycles. The number of para-hydroxylation sites is 1. The van der Waals surface area contributed by atoms with Gasteiger partial charge in [0.05, 0.1) is 32.7 Å². The summed E-state index contributed by atoms with van der Waals surface area (Å²) >= 11 is 0. The molecule has 0 fully saturated rings. The van der Waals surface area contributed by atoms with Crippen LogP contribution < -0.4 is 10.3 Å². The van der Waals surface area contributed by atoms with Gasteiger partial charge in [-0.05, 0) is 6.07 Å². The van der Waals surface area contributed by atoms with Crippen molar-refractivity contribution in [3.8, 4) is 17.3 Å². The SMILES string of the molecule is COc1ccccc1Cc1nc(-c2cncc(=O)[nH]2)n(CCO)n1. The Labute approximate surface area is 137 Å². The van der Waals surface area contributed by atoms with Gasteiger partial charge in [0.15, 0.2) is 11.6 Å². The molecule has 0 spiro atoms. The molecule has 1 aromatic carbocycles. The second kappa shape index (κ2) is 7.05. The predicted molar refractivity (Wildman–Crippen MR) is 86.8 cm³/mol. The van der Waals surface area contributed by atoms with Gasteiger partial charge in [-0.15, -0.1) is 0 Å². The molecule has 0 amide bonds. The number of benzene rings is 1. The van der Waals surface area contributed by atoms with Crippen LogP contribution in [0.4, 0.5) is 0 Å². The van der Waals surface area contributed by atoms with E-state index in [1.807, 2.05) is 24.3 Å². The lowest BCUT2D eigenvalue weighted by Gasteiger charge is -2.05. The Bertz CT molecular complexity index is 887. The fourth-order valence-corrected chi connectivity index (χ4v) is 2.42. The minimum Gasteiger partial charge on any atom is -0.496 e. The first-order chi connectivity index (χ1) is 11.7. The molecule has 124 valence electrons. The molecule has 24 heavy (non-hydrogen) atoms. The van der Waals surface area contributed by atoms with Crippen LogP contribution >= 0.6 is 0 Å². The lowest BCUT2D eigenvalue weighted by Crippen LogP contribution is -2.11. The van der Waals surface area contributed by atoms with Gasteiger partial charge in [0.25, 0.3) is 5.56 Å². The second-order valence-electron chi connectivity index (χ2n) is 5.10. The highest BCUT2D eigenvalue weighted by Gasteiger charge is 2.14. The third-order valence-electron chi connectivity index (χ3n) is 3.46. The number of nitrogens with zero attached hydrogens (tertiary/aromatic N) is 4. The number of aliphatic hydroxyl groups is 1. The van der Waals surface area contributed by atoms with Gasteiger partial charge in [0, 0.05) is 12.0 Å². The van der Waals surface area contributed by atoms with Crippen molar-refractivity contribution in [2.75, 3.05) is 13.7 Å². The summed E-state index contributed by atoms with van der Waals surface area (Å²) in [6.45, 7) is 0.181. The van der Waals surface area contributed by atoms with Crippen LogP contribution in [0.5, 0.6) is 5.75 Å². The van der Waals surface area contributed by atoms with Gasteiger partial charge in [-0.3, -0.25) is 9.78 Å². The molecule has 0 atom stereocenters. The molecule has 0 radical (unpaired) electrons. The Kier molecular flexibility index (Phi) is 4.66. The van der Waals surface area contributed by atoms with Crippen molar-refractivity contribution in [1.29, 1.82) is 0 Å². The largest absolute Gasteiger partial charge is 0.496 e. The van der Waals surface area contributed by atoms with E-state index in [1.165, 1.54) is 12.4 Å². The van der Waals surface area contributed by atoms with E-state index in [4.69, 9.17) is 4.74 Å². The van der Waals surface area contributed by atoms with Crippen molar-refractivity contribution >= 4 is 0 Å². The third kappa shape index (κ3) is 3.33. The fourth-order valence-electron chi connectivity index (χ4n) is 2.42. The first kappa shape index (κ1) is 15.9. The Morgan fingerprint density at radius 3 is 2.88 bits per heavy atom. The molecular weight excluding hydrogens is 310 g/mol. The number of methoxy groups -OCH3 is 1. The van der Waals surface area contributed by atoms with E-state index >= 15 is 0 Å². The van der Waals surface area contributed by atoms with Crippen LogP contribution in [0.1, 0.15) is 11.4 Å². The van der Waals surface area contributed by atoms with Gasteiger partial charge < -0.3 is 14.8 Å². The van der Waals surface area contributed by atoms with Crippen molar-refractivity contribution in [2.45, 2.75) is 13.0 Å².